The fourth-order valence-electron chi connectivity index (χ4n) is 6.16. The van der Waals surface area contributed by atoms with Crippen LogP contribution in [-0.4, -0.2) is 81.8 Å². The third-order valence-corrected chi connectivity index (χ3v) is 8.92. The van der Waals surface area contributed by atoms with Crippen LogP contribution in [-0.2, 0) is 10.3 Å². The van der Waals surface area contributed by atoms with Crippen molar-refractivity contribution in [2.45, 2.75) is 69.6 Å². The summed E-state index contributed by atoms with van der Waals surface area (Å²) in [5, 5.41) is 15.3. The van der Waals surface area contributed by atoms with E-state index in [1.54, 1.807) is 17.0 Å². The van der Waals surface area contributed by atoms with Crippen LogP contribution in [0, 0.1) is 0 Å². The molecule has 45 heavy (non-hydrogen) atoms. The Morgan fingerprint density at radius 3 is 2.71 bits per heavy atom. The zero-order valence-corrected chi connectivity index (χ0v) is 27.0. The second kappa shape index (κ2) is 12.3. The number of nitrogens with zero attached hydrogens (tertiary/aromatic N) is 4. The lowest BCUT2D eigenvalue weighted by atomic mass is 9.86. The van der Waals surface area contributed by atoms with Gasteiger partial charge in [0.25, 0.3) is 5.91 Å². The Hall–Kier alpha value is -4.12. The molecule has 2 atom stereocenters. The molecule has 0 radical (unpaired) electrons. The summed E-state index contributed by atoms with van der Waals surface area (Å²) in [4.78, 5) is 33.1. The van der Waals surface area contributed by atoms with E-state index in [1.807, 2.05) is 51.1 Å². The zero-order chi connectivity index (χ0) is 31.8. The molecule has 2 amide bonds. The van der Waals surface area contributed by atoms with Crippen LogP contribution in [0.2, 0.25) is 5.02 Å². The minimum atomic E-state index is -0.660. The van der Waals surface area contributed by atoms with Gasteiger partial charge in [-0.1, -0.05) is 17.7 Å². The molecule has 0 bridgehead atoms. The van der Waals surface area contributed by atoms with Gasteiger partial charge in [-0.25, -0.2) is 14.4 Å². The molecular formula is C33H41ClN7O4+. The maximum Gasteiger partial charge on any atom is 0.410 e. The van der Waals surface area contributed by atoms with Crippen molar-refractivity contribution in [3.63, 3.8) is 0 Å². The monoisotopic (exact) mass is 634 g/mol. The number of hydrogen-bond acceptors (Lipinski definition) is 7. The first-order chi connectivity index (χ1) is 21.5. The van der Waals surface area contributed by atoms with Crippen molar-refractivity contribution in [2.24, 2.45) is 0 Å². The summed E-state index contributed by atoms with van der Waals surface area (Å²) in [6.07, 6.45) is 4.90. The molecular weight excluding hydrogens is 594 g/mol. The maximum atomic E-state index is 13.4. The number of rotatable bonds is 6. The number of likely N-dealkylation sites (tertiary alicyclic amines) is 1. The van der Waals surface area contributed by atoms with Gasteiger partial charge in [-0.15, -0.1) is 0 Å². The molecule has 238 valence electrons. The van der Waals surface area contributed by atoms with Crippen molar-refractivity contribution in [2.75, 3.05) is 38.6 Å². The highest BCUT2D eigenvalue weighted by Gasteiger charge is 2.42. The molecule has 11 nitrogen and oxygen atoms in total. The molecule has 1 fully saturated rings. The molecule has 1 saturated heterocycles. The van der Waals surface area contributed by atoms with Gasteiger partial charge in [0.15, 0.2) is 5.82 Å². The first-order valence-corrected chi connectivity index (χ1v) is 15.9. The van der Waals surface area contributed by atoms with Crippen molar-refractivity contribution in [1.29, 1.82) is 0 Å². The number of halogens is 1. The second-order valence-corrected chi connectivity index (χ2v) is 13.6. The van der Waals surface area contributed by atoms with Crippen LogP contribution in [0.15, 0.2) is 42.5 Å². The van der Waals surface area contributed by atoms with E-state index in [4.69, 9.17) is 31.2 Å². The van der Waals surface area contributed by atoms with Gasteiger partial charge in [-0.2, -0.15) is 5.10 Å². The Balaban J connectivity index is 1.22. The molecule has 12 heteroatoms. The third-order valence-electron chi connectivity index (χ3n) is 8.68. The number of hydrogen-bond donors (Lipinski definition) is 3. The van der Waals surface area contributed by atoms with Crippen LogP contribution >= 0.6 is 11.6 Å². The standard InChI is InChI=1S/C33H40ClN7O4/c1-32(2,3)45-31(43)41-16-12-33(13-17-41,30-36-28(38-39-30)21-10-14-40(4)15-11-21)37-24-7-5-6-22(18-24)29(42)35-26-20-44-27-9-8-23(34)19-25(26)27/h5-9,14,18-19,21,26,37H,10-13,15-17,20H2,1-4H3,(H-,35,36,38,39,42)/p+1/t21?,26-/m1/s1. The number of benzene rings is 2. The van der Waals surface area contributed by atoms with Gasteiger partial charge in [-0.05, 0) is 70.0 Å². The fraction of sp³-hybridized carbons (Fsp3) is 0.485. The highest BCUT2D eigenvalue weighted by atomic mass is 35.5. The van der Waals surface area contributed by atoms with Gasteiger partial charge in [0.05, 0.1) is 6.04 Å². The molecule has 6 rings (SSSR count). The lowest BCUT2D eigenvalue weighted by Crippen LogP contribution is -2.50. The first-order valence-electron chi connectivity index (χ1n) is 15.5. The number of amides is 2. The molecule has 3 aromatic rings. The number of fused-ring (bicyclic) bond motifs is 1. The van der Waals surface area contributed by atoms with E-state index in [9.17, 15) is 9.59 Å². The molecule has 1 aromatic heterocycles. The summed E-state index contributed by atoms with van der Waals surface area (Å²) in [6.45, 7) is 7.86. The van der Waals surface area contributed by atoms with Crippen molar-refractivity contribution >= 4 is 35.5 Å². The van der Waals surface area contributed by atoms with E-state index in [-0.39, 0.29) is 24.0 Å². The summed E-state index contributed by atoms with van der Waals surface area (Å²) in [6, 6.07) is 12.5. The molecule has 0 aliphatic carbocycles. The molecule has 3 aliphatic rings. The van der Waals surface area contributed by atoms with E-state index in [1.165, 1.54) is 0 Å². The minimum absolute atomic E-state index is 0.215. The van der Waals surface area contributed by atoms with Crippen molar-refractivity contribution < 1.29 is 23.6 Å². The Kier molecular flexibility index (Phi) is 8.47. The predicted octanol–water partition coefficient (Wildman–Crippen LogP) is 5.25. The molecule has 0 spiro atoms. The topological polar surface area (TPSA) is 124 Å². The Bertz CT molecular complexity index is 1610. The molecule has 2 aromatic carbocycles. The van der Waals surface area contributed by atoms with Crippen LogP contribution < -0.4 is 15.4 Å². The van der Waals surface area contributed by atoms with Crippen molar-refractivity contribution in [3.05, 3.63) is 70.3 Å². The van der Waals surface area contributed by atoms with Crippen LogP contribution in [0.25, 0.3) is 0 Å². The zero-order valence-electron chi connectivity index (χ0n) is 26.2. The molecule has 3 aliphatic heterocycles. The molecule has 4 heterocycles. The summed E-state index contributed by atoms with van der Waals surface area (Å²) >= 11 is 6.20. The predicted molar refractivity (Wildman–Crippen MR) is 171 cm³/mol. The summed E-state index contributed by atoms with van der Waals surface area (Å²) < 4.78 is 13.6. The SMILES string of the molecule is C[N+]1=CCC(c2nc(C3(Nc4cccc(C(=O)N[C@@H]5COc6ccc(Cl)cc65)c4)CCN(C(=O)OC(C)(C)C)CC3)n[nH]2)CC1. The van der Waals surface area contributed by atoms with E-state index in [0.717, 1.165) is 42.2 Å². The molecule has 1 unspecified atom stereocenters. The number of aromatic nitrogens is 3. The number of anilines is 1. The second-order valence-electron chi connectivity index (χ2n) is 13.2. The summed E-state index contributed by atoms with van der Waals surface area (Å²) in [7, 11) is 2.09. The number of ether oxygens (including phenoxy) is 2. The Labute approximate surface area is 268 Å². The highest BCUT2D eigenvalue weighted by molar-refractivity contribution is 6.30. The maximum absolute atomic E-state index is 13.4. The van der Waals surface area contributed by atoms with E-state index >= 15 is 0 Å². The van der Waals surface area contributed by atoms with E-state index in [0.29, 0.717) is 48.9 Å². The van der Waals surface area contributed by atoms with Crippen LogP contribution in [0.1, 0.15) is 86.0 Å². The summed E-state index contributed by atoms with van der Waals surface area (Å²) in [5.74, 6) is 2.31. The third kappa shape index (κ3) is 6.93. The smallest absolute Gasteiger partial charge is 0.410 e. The average Bonchev–Trinajstić information content (AvgIpc) is 3.65. The minimum Gasteiger partial charge on any atom is -0.491 e. The number of aromatic amines is 1. The normalized spacial score (nSPS) is 20.9. The molecule has 0 saturated carbocycles. The van der Waals surface area contributed by atoms with Crippen LogP contribution in [0.4, 0.5) is 10.5 Å². The number of piperidine rings is 1. The van der Waals surface area contributed by atoms with Gasteiger partial charge in [0.1, 0.15) is 49.1 Å². The van der Waals surface area contributed by atoms with Gasteiger partial charge in [0, 0.05) is 53.7 Å². The Morgan fingerprint density at radius 1 is 1.18 bits per heavy atom. The number of carbonyl (C=O) groups is 2. The van der Waals surface area contributed by atoms with Crippen molar-refractivity contribution in [1.82, 2.24) is 25.4 Å². The molecule has 3 N–H and O–H groups in total. The van der Waals surface area contributed by atoms with Crippen LogP contribution in [0.5, 0.6) is 5.75 Å². The highest BCUT2D eigenvalue weighted by Crippen LogP contribution is 2.37. The van der Waals surface area contributed by atoms with Gasteiger partial charge < -0.3 is 25.0 Å². The number of nitrogens with one attached hydrogen (secondary N) is 3. The average molecular weight is 635 g/mol. The number of carbonyl (C=O) groups excluding carboxylic acids is 2. The van der Waals surface area contributed by atoms with Crippen LogP contribution in [0.3, 0.4) is 0 Å². The quantitative estimate of drug-likeness (QED) is 0.316. The van der Waals surface area contributed by atoms with Gasteiger partial charge in [-0.3, -0.25) is 9.89 Å². The first kappa shape index (κ1) is 30.9. The number of H-pyrrole nitrogens is 1. The Morgan fingerprint density at radius 2 is 1.98 bits per heavy atom. The van der Waals surface area contributed by atoms with Crippen molar-refractivity contribution in [3.8, 4) is 5.75 Å². The summed E-state index contributed by atoms with van der Waals surface area (Å²) in [5.41, 5.74) is 0.899. The van der Waals surface area contributed by atoms with Gasteiger partial charge >= 0.3 is 6.09 Å². The fourth-order valence-corrected chi connectivity index (χ4v) is 6.34. The van der Waals surface area contributed by atoms with Gasteiger partial charge in [0.2, 0.25) is 0 Å². The lowest BCUT2D eigenvalue weighted by molar-refractivity contribution is -0.498. The lowest BCUT2D eigenvalue weighted by Gasteiger charge is -2.41. The largest absolute Gasteiger partial charge is 0.491 e. The van der Waals surface area contributed by atoms with E-state index in [2.05, 4.69) is 33.6 Å². The van der Waals surface area contributed by atoms with E-state index < -0.39 is 11.1 Å².